The van der Waals surface area contributed by atoms with Gasteiger partial charge in [-0.1, -0.05) is 24.1 Å². The Labute approximate surface area is 86.5 Å². The van der Waals surface area contributed by atoms with E-state index in [0.717, 1.165) is 5.39 Å². The van der Waals surface area contributed by atoms with E-state index in [1.165, 1.54) is 6.07 Å². The van der Waals surface area contributed by atoms with Crippen LogP contribution in [0.2, 0.25) is 0 Å². The minimum Gasteiger partial charge on any atom is -0.258 e. The van der Waals surface area contributed by atoms with Gasteiger partial charge >= 0.3 is 0 Å². The van der Waals surface area contributed by atoms with E-state index in [1.54, 1.807) is 30.3 Å². The SMILES string of the molecule is C#Cc1cccc2c([N+](=O)[O-])cccc12. The molecule has 0 heterocycles. The smallest absolute Gasteiger partial charge is 0.258 e. The number of fused-ring (bicyclic) bond motifs is 1. The second kappa shape index (κ2) is 3.43. The zero-order valence-electron chi connectivity index (χ0n) is 7.81. The first-order valence-corrected chi connectivity index (χ1v) is 4.37. The van der Waals surface area contributed by atoms with Crippen molar-refractivity contribution in [2.75, 3.05) is 0 Å². The van der Waals surface area contributed by atoms with Crippen LogP contribution in [-0.2, 0) is 0 Å². The summed E-state index contributed by atoms with van der Waals surface area (Å²) in [6, 6.07) is 10.1. The van der Waals surface area contributed by atoms with Crippen LogP contribution in [-0.4, -0.2) is 4.92 Å². The zero-order chi connectivity index (χ0) is 10.8. The van der Waals surface area contributed by atoms with Gasteiger partial charge in [-0.3, -0.25) is 10.1 Å². The Bertz CT molecular complexity index is 582. The molecule has 2 aromatic carbocycles. The van der Waals surface area contributed by atoms with Gasteiger partial charge < -0.3 is 0 Å². The van der Waals surface area contributed by atoms with Gasteiger partial charge in [0, 0.05) is 17.0 Å². The first-order chi connectivity index (χ1) is 7.24. The van der Waals surface area contributed by atoms with Crippen molar-refractivity contribution in [3.8, 4) is 12.3 Å². The van der Waals surface area contributed by atoms with Gasteiger partial charge in [0.25, 0.3) is 5.69 Å². The topological polar surface area (TPSA) is 43.1 Å². The first kappa shape index (κ1) is 9.22. The van der Waals surface area contributed by atoms with Crippen LogP contribution >= 0.6 is 0 Å². The molecule has 2 rings (SSSR count). The number of nitro groups is 1. The zero-order valence-corrected chi connectivity index (χ0v) is 7.81. The number of terminal acetylenes is 1. The summed E-state index contributed by atoms with van der Waals surface area (Å²) >= 11 is 0. The lowest BCUT2D eigenvalue weighted by Crippen LogP contribution is -1.90. The van der Waals surface area contributed by atoms with E-state index < -0.39 is 4.92 Å². The van der Waals surface area contributed by atoms with Crippen molar-refractivity contribution in [3.05, 3.63) is 52.1 Å². The average Bonchev–Trinajstić information content (AvgIpc) is 2.27. The molecule has 0 unspecified atom stereocenters. The number of hydrogen-bond donors (Lipinski definition) is 0. The van der Waals surface area contributed by atoms with E-state index in [1.807, 2.05) is 0 Å². The minimum atomic E-state index is -0.400. The normalized spacial score (nSPS) is 9.80. The lowest BCUT2D eigenvalue weighted by atomic mass is 10.0. The Morgan fingerprint density at radius 1 is 1.13 bits per heavy atom. The molecule has 0 radical (unpaired) electrons. The van der Waals surface area contributed by atoms with Crippen LogP contribution < -0.4 is 0 Å². The molecule has 0 saturated heterocycles. The summed E-state index contributed by atoms with van der Waals surface area (Å²) in [5.74, 6) is 2.51. The van der Waals surface area contributed by atoms with Crippen LogP contribution in [0.4, 0.5) is 5.69 Å². The van der Waals surface area contributed by atoms with Crippen molar-refractivity contribution in [2.45, 2.75) is 0 Å². The molecule has 0 bridgehead atoms. The largest absolute Gasteiger partial charge is 0.277 e. The Hall–Kier alpha value is -2.34. The third-order valence-corrected chi connectivity index (χ3v) is 2.25. The summed E-state index contributed by atoms with van der Waals surface area (Å²) in [4.78, 5) is 10.4. The maximum Gasteiger partial charge on any atom is 0.277 e. The highest BCUT2D eigenvalue weighted by Gasteiger charge is 2.11. The predicted molar refractivity (Wildman–Crippen MR) is 58.5 cm³/mol. The van der Waals surface area contributed by atoms with E-state index >= 15 is 0 Å². The second-order valence-corrected chi connectivity index (χ2v) is 3.08. The molecular weight excluding hydrogens is 190 g/mol. The number of benzene rings is 2. The minimum absolute atomic E-state index is 0.0876. The van der Waals surface area contributed by atoms with Gasteiger partial charge in [0.2, 0.25) is 0 Å². The van der Waals surface area contributed by atoms with Gasteiger partial charge in [0.1, 0.15) is 0 Å². The van der Waals surface area contributed by atoms with Crippen molar-refractivity contribution >= 4 is 16.5 Å². The fourth-order valence-corrected chi connectivity index (χ4v) is 1.58. The second-order valence-electron chi connectivity index (χ2n) is 3.08. The van der Waals surface area contributed by atoms with Crippen LogP contribution in [0, 0.1) is 22.5 Å². The predicted octanol–water partition coefficient (Wildman–Crippen LogP) is 2.73. The lowest BCUT2D eigenvalue weighted by molar-refractivity contribution is -0.383. The third-order valence-electron chi connectivity index (χ3n) is 2.25. The molecule has 15 heavy (non-hydrogen) atoms. The number of nitrogens with zero attached hydrogens (tertiary/aromatic N) is 1. The first-order valence-electron chi connectivity index (χ1n) is 4.37. The van der Waals surface area contributed by atoms with Crippen molar-refractivity contribution in [2.24, 2.45) is 0 Å². The highest BCUT2D eigenvalue weighted by molar-refractivity contribution is 5.94. The van der Waals surface area contributed by atoms with Gasteiger partial charge in [-0.25, -0.2) is 0 Å². The number of nitro benzene ring substituents is 1. The van der Waals surface area contributed by atoms with Crippen LogP contribution in [0.25, 0.3) is 10.8 Å². The van der Waals surface area contributed by atoms with Crippen LogP contribution in [0.3, 0.4) is 0 Å². The van der Waals surface area contributed by atoms with Crippen molar-refractivity contribution < 1.29 is 4.92 Å². The molecule has 3 nitrogen and oxygen atoms in total. The summed E-state index contributed by atoms with van der Waals surface area (Å²) in [6.07, 6.45) is 5.32. The molecule has 0 N–H and O–H groups in total. The molecule has 0 aromatic heterocycles. The summed E-state index contributed by atoms with van der Waals surface area (Å²) in [5, 5.41) is 12.1. The Morgan fingerprint density at radius 2 is 1.80 bits per heavy atom. The molecule has 0 spiro atoms. The fraction of sp³-hybridized carbons (Fsp3) is 0. The van der Waals surface area contributed by atoms with E-state index in [9.17, 15) is 10.1 Å². The molecule has 0 fully saturated rings. The molecule has 2 aromatic rings. The van der Waals surface area contributed by atoms with Crippen LogP contribution in [0.5, 0.6) is 0 Å². The van der Waals surface area contributed by atoms with Crippen molar-refractivity contribution in [1.29, 1.82) is 0 Å². The van der Waals surface area contributed by atoms with Gasteiger partial charge in [-0.15, -0.1) is 6.42 Å². The number of non-ortho nitro benzene ring substituents is 1. The van der Waals surface area contributed by atoms with Crippen LogP contribution in [0.15, 0.2) is 36.4 Å². The summed E-state index contributed by atoms with van der Waals surface area (Å²) in [5.41, 5.74) is 0.765. The molecular formula is C12H7NO2. The maximum atomic E-state index is 10.8. The van der Waals surface area contributed by atoms with E-state index in [4.69, 9.17) is 6.42 Å². The lowest BCUT2D eigenvalue weighted by Gasteiger charge is -2.00. The number of hydrogen-bond acceptors (Lipinski definition) is 2. The molecule has 3 heteroatoms. The Morgan fingerprint density at radius 3 is 2.47 bits per heavy atom. The molecule has 0 aliphatic carbocycles. The monoisotopic (exact) mass is 197 g/mol. The molecule has 0 atom stereocenters. The molecule has 0 aliphatic rings. The van der Waals surface area contributed by atoms with Gasteiger partial charge in [-0.05, 0) is 12.1 Å². The van der Waals surface area contributed by atoms with Crippen molar-refractivity contribution in [3.63, 3.8) is 0 Å². The average molecular weight is 197 g/mol. The van der Waals surface area contributed by atoms with E-state index in [-0.39, 0.29) is 5.69 Å². The van der Waals surface area contributed by atoms with Gasteiger partial charge in [-0.2, -0.15) is 0 Å². The standard InChI is InChI=1S/C12H7NO2/c1-2-9-5-3-7-11-10(9)6-4-8-12(11)13(14)15/h1,3-8H. The van der Waals surface area contributed by atoms with Crippen molar-refractivity contribution in [1.82, 2.24) is 0 Å². The summed E-state index contributed by atoms with van der Waals surface area (Å²) in [7, 11) is 0. The highest BCUT2D eigenvalue weighted by Crippen LogP contribution is 2.27. The third kappa shape index (κ3) is 1.42. The van der Waals surface area contributed by atoms with Crippen LogP contribution in [0.1, 0.15) is 5.56 Å². The Balaban J connectivity index is 2.90. The molecule has 72 valence electrons. The Kier molecular flexibility index (Phi) is 2.11. The highest BCUT2D eigenvalue weighted by atomic mass is 16.6. The van der Waals surface area contributed by atoms with Gasteiger partial charge in [0.15, 0.2) is 0 Å². The molecule has 0 aliphatic heterocycles. The summed E-state index contributed by atoms with van der Waals surface area (Å²) in [6.45, 7) is 0. The maximum absolute atomic E-state index is 10.8. The molecule has 0 amide bonds. The van der Waals surface area contributed by atoms with Gasteiger partial charge in [0.05, 0.1) is 10.3 Å². The fourth-order valence-electron chi connectivity index (χ4n) is 1.58. The number of rotatable bonds is 1. The quantitative estimate of drug-likeness (QED) is 0.400. The molecule has 0 saturated carbocycles. The summed E-state index contributed by atoms with van der Waals surface area (Å²) < 4.78 is 0. The van der Waals surface area contributed by atoms with E-state index in [0.29, 0.717) is 10.9 Å². The van der Waals surface area contributed by atoms with E-state index in [2.05, 4.69) is 5.92 Å².